The van der Waals surface area contributed by atoms with Crippen LogP contribution < -0.4 is 0 Å². The molecule has 4 nitrogen and oxygen atoms in total. The van der Waals surface area contributed by atoms with Crippen LogP contribution in [0.15, 0.2) is 45.6 Å². The van der Waals surface area contributed by atoms with Crippen LogP contribution in [0.5, 0.6) is 0 Å². The van der Waals surface area contributed by atoms with Crippen molar-refractivity contribution in [3.05, 3.63) is 35.5 Å². The van der Waals surface area contributed by atoms with Crippen LogP contribution in [0.25, 0.3) is 9.92 Å². The van der Waals surface area contributed by atoms with Crippen LogP contribution in [0.1, 0.15) is 0 Å². The van der Waals surface area contributed by atoms with Crippen molar-refractivity contribution in [2.75, 3.05) is 11.5 Å². The van der Waals surface area contributed by atoms with Crippen LogP contribution in [0.4, 0.5) is 0 Å². The van der Waals surface area contributed by atoms with Crippen molar-refractivity contribution < 1.29 is 0 Å². The summed E-state index contributed by atoms with van der Waals surface area (Å²) in [6, 6.07) is 0. The maximum absolute atomic E-state index is 4.38. The lowest BCUT2D eigenvalue weighted by Crippen LogP contribution is -1.88. The van der Waals surface area contributed by atoms with Crippen molar-refractivity contribution in [3.8, 4) is 0 Å². The third kappa shape index (κ3) is 2.26. The molecule has 0 aliphatic heterocycles. The molecule has 0 aliphatic carbocycles. The molecular weight excluding hydrogens is 328 g/mol. The molecule has 4 rings (SSSR count). The van der Waals surface area contributed by atoms with Gasteiger partial charge in [0.1, 0.15) is 0 Å². The van der Waals surface area contributed by atoms with Crippen LogP contribution in [0.3, 0.4) is 0 Å². The summed E-state index contributed by atoms with van der Waals surface area (Å²) in [7, 11) is 0. The van der Waals surface area contributed by atoms with E-state index in [4.69, 9.17) is 0 Å². The van der Waals surface area contributed by atoms with Gasteiger partial charge in [0, 0.05) is 34.7 Å². The van der Waals surface area contributed by atoms with E-state index in [0.717, 1.165) is 21.4 Å². The largest absolute Gasteiger partial charge is 0.285 e. The number of fused-ring (bicyclic) bond motifs is 2. The highest BCUT2D eigenvalue weighted by Crippen LogP contribution is 2.26. The first-order valence-corrected chi connectivity index (χ1v) is 9.71. The summed E-state index contributed by atoms with van der Waals surface area (Å²) in [5.41, 5.74) is 0. The molecule has 20 heavy (non-hydrogen) atoms. The Labute approximate surface area is 131 Å². The van der Waals surface area contributed by atoms with Gasteiger partial charge in [-0.15, -0.1) is 46.2 Å². The molecule has 4 heterocycles. The Balaban J connectivity index is 1.37. The zero-order chi connectivity index (χ0) is 13.4. The van der Waals surface area contributed by atoms with Gasteiger partial charge in [-0.05, 0) is 0 Å². The van der Waals surface area contributed by atoms with Crippen LogP contribution in [-0.2, 0) is 0 Å². The fraction of sp³-hybridized carbons (Fsp3) is 0.167. The SMILES string of the molecule is c1cn2c(SCCSc3cnc4sccn34)cnc2s1. The number of thiazole rings is 2. The quantitative estimate of drug-likeness (QED) is 0.407. The summed E-state index contributed by atoms with van der Waals surface area (Å²) in [6.07, 6.45) is 8.07. The number of hydrogen-bond donors (Lipinski definition) is 0. The van der Waals surface area contributed by atoms with Crippen molar-refractivity contribution in [1.29, 1.82) is 0 Å². The van der Waals surface area contributed by atoms with Crippen molar-refractivity contribution in [2.24, 2.45) is 0 Å². The first kappa shape index (κ1) is 12.8. The van der Waals surface area contributed by atoms with Gasteiger partial charge in [-0.2, -0.15) is 0 Å². The highest BCUT2D eigenvalue weighted by molar-refractivity contribution is 8.02. The average Bonchev–Trinajstić information content (AvgIpc) is 3.18. The molecule has 102 valence electrons. The first-order valence-electron chi connectivity index (χ1n) is 5.98. The fourth-order valence-corrected chi connectivity index (χ4v) is 5.33. The normalized spacial score (nSPS) is 11.8. The van der Waals surface area contributed by atoms with Gasteiger partial charge >= 0.3 is 0 Å². The smallest absolute Gasteiger partial charge is 0.194 e. The Morgan fingerprint density at radius 2 is 1.35 bits per heavy atom. The summed E-state index contributed by atoms with van der Waals surface area (Å²) >= 11 is 7.04. The minimum absolute atomic E-state index is 1.06. The van der Waals surface area contributed by atoms with Crippen molar-refractivity contribution in [2.45, 2.75) is 10.1 Å². The minimum Gasteiger partial charge on any atom is -0.285 e. The molecule has 0 atom stereocenters. The van der Waals surface area contributed by atoms with Crippen LogP contribution in [-0.4, -0.2) is 30.3 Å². The summed E-state index contributed by atoms with van der Waals surface area (Å²) in [6.45, 7) is 0. The molecule has 0 fully saturated rings. The van der Waals surface area contributed by atoms with Crippen molar-refractivity contribution >= 4 is 56.1 Å². The lowest BCUT2D eigenvalue weighted by atomic mass is 10.9. The highest BCUT2D eigenvalue weighted by atomic mass is 32.2. The number of aromatic nitrogens is 4. The Kier molecular flexibility index (Phi) is 3.47. The molecule has 0 amide bonds. The van der Waals surface area contributed by atoms with E-state index in [9.17, 15) is 0 Å². The average molecular weight is 339 g/mol. The van der Waals surface area contributed by atoms with Gasteiger partial charge in [0.2, 0.25) is 0 Å². The van der Waals surface area contributed by atoms with Crippen LogP contribution in [0.2, 0.25) is 0 Å². The summed E-state index contributed by atoms with van der Waals surface area (Å²) < 4.78 is 4.30. The summed E-state index contributed by atoms with van der Waals surface area (Å²) in [5, 5.41) is 6.58. The van der Waals surface area contributed by atoms with E-state index in [-0.39, 0.29) is 0 Å². The highest BCUT2D eigenvalue weighted by Gasteiger charge is 2.06. The van der Waals surface area contributed by atoms with E-state index < -0.39 is 0 Å². The molecule has 0 unspecified atom stereocenters. The molecule has 0 N–H and O–H groups in total. The number of nitrogens with zero attached hydrogens (tertiary/aromatic N) is 4. The molecule has 0 spiro atoms. The van der Waals surface area contributed by atoms with Crippen molar-refractivity contribution in [1.82, 2.24) is 18.8 Å². The molecule has 0 aromatic carbocycles. The lowest BCUT2D eigenvalue weighted by Gasteiger charge is -2.00. The van der Waals surface area contributed by atoms with Crippen molar-refractivity contribution in [3.63, 3.8) is 0 Å². The van der Waals surface area contributed by atoms with Gasteiger partial charge in [-0.1, -0.05) is 0 Å². The number of imidazole rings is 2. The molecular formula is C12H10N4S4. The Hall–Kier alpha value is -0.960. The third-order valence-electron chi connectivity index (χ3n) is 2.81. The Morgan fingerprint density at radius 3 is 1.85 bits per heavy atom. The van der Waals surface area contributed by atoms with E-state index in [0.29, 0.717) is 0 Å². The molecule has 0 saturated heterocycles. The second kappa shape index (κ2) is 5.44. The summed E-state index contributed by atoms with van der Waals surface area (Å²) in [5.74, 6) is 2.12. The predicted molar refractivity (Wildman–Crippen MR) is 87.6 cm³/mol. The summed E-state index contributed by atoms with van der Waals surface area (Å²) in [4.78, 5) is 10.9. The standard InChI is InChI=1S/C12H10N4S4/c1-3-19-11-13-7-9(15(1)11)17-5-6-18-10-8-14-12-16(10)2-4-20-12/h1-4,7-8H,5-6H2. The van der Waals surface area contributed by atoms with E-state index in [2.05, 4.69) is 41.9 Å². The van der Waals surface area contributed by atoms with E-state index >= 15 is 0 Å². The van der Waals surface area contributed by atoms with E-state index in [1.165, 1.54) is 10.1 Å². The predicted octanol–water partition coefficient (Wildman–Crippen LogP) is 3.99. The maximum Gasteiger partial charge on any atom is 0.194 e. The molecule has 0 radical (unpaired) electrons. The zero-order valence-corrected chi connectivity index (χ0v) is 13.6. The number of rotatable bonds is 5. The maximum atomic E-state index is 4.38. The monoisotopic (exact) mass is 338 g/mol. The van der Waals surface area contributed by atoms with Crippen LogP contribution in [0, 0.1) is 0 Å². The zero-order valence-electron chi connectivity index (χ0n) is 10.3. The lowest BCUT2D eigenvalue weighted by molar-refractivity contribution is 1.07. The number of hydrogen-bond acceptors (Lipinski definition) is 6. The van der Waals surface area contributed by atoms with Gasteiger partial charge < -0.3 is 0 Å². The number of thioether (sulfide) groups is 2. The third-order valence-corrected chi connectivity index (χ3v) is 6.62. The van der Waals surface area contributed by atoms with Gasteiger partial charge in [0.05, 0.1) is 22.4 Å². The van der Waals surface area contributed by atoms with Crippen LogP contribution >= 0.6 is 46.2 Å². The molecule has 0 aliphatic rings. The van der Waals surface area contributed by atoms with Gasteiger partial charge in [-0.25, -0.2) is 9.97 Å². The second-order valence-corrected chi connectivity index (χ2v) is 7.98. The molecule has 4 aromatic heterocycles. The molecule has 4 aromatic rings. The van der Waals surface area contributed by atoms with E-state index in [1.54, 1.807) is 22.7 Å². The minimum atomic E-state index is 1.06. The van der Waals surface area contributed by atoms with Gasteiger partial charge in [-0.3, -0.25) is 8.80 Å². The van der Waals surface area contributed by atoms with E-state index in [1.807, 2.05) is 35.9 Å². The molecule has 8 heteroatoms. The van der Waals surface area contributed by atoms with Gasteiger partial charge in [0.25, 0.3) is 0 Å². The topological polar surface area (TPSA) is 34.6 Å². The Morgan fingerprint density at radius 1 is 0.850 bits per heavy atom. The van der Waals surface area contributed by atoms with Gasteiger partial charge in [0.15, 0.2) is 9.92 Å². The molecule has 0 bridgehead atoms. The second-order valence-electron chi connectivity index (χ2n) is 4.00. The first-order chi connectivity index (χ1) is 9.92. The molecule has 0 saturated carbocycles. The fourth-order valence-electron chi connectivity index (χ4n) is 1.92. The Bertz CT molecular complexity index is 769.